The van der Waals surface area contributed by atoms with E-state index in [1.165, 1.54) is 0 Å². The molecule has 0 spiro atoms. The van der Waals surface area contributed by atoms with Gasteiger partial charge in [0.05, 0.1) is 16.6 Å². The van der Waals surface area contributed by atoms with Crippen LogP contribution in [-0.2, 0) is 11.3 Å². The highest BCUT2D eigenvalue weighted by Gasteiger charge is 2.16. The molecule has 1 unspecified atom stereocenters. The maximum atomic E-state index is 12.4. The molecule has 1 aliphatic rings. The van der Waals surface area contributed by atoms with Crippen LogP contribution in [0.15, 0.2) is 36.4 Å². The summed E-state index contributed by atoms with van der Waals surface area (Å²) in [5, 5.41) is 3.98. The Labute approximate surface area is 162 Å². The predicted molar refractivity (Wildman–Crippen MR) is 103 cm³/mol. The van der Waals surface area contributed by atoms with Crippen LogP contribution < -0.4 is 19.7 Å². The standard InChI is InChI=1S/C19H20Cl2N2O3/c1-2-23(11-13-3-5-15(20)16(21)9-13)12-19(24)22-14-4-6-17-18(10-14)26-8-7-25-17/h3-6,9-10H,2,7-8,11-12H2,1H3,(H,22,24)/p+1. The molecule has 26 heavy (non-hydrogen) atoms. The van der Waals surface area contributed by atoms with E-state index >= 15 is 0 Å². The Hall–Kier alpha value is -1.95. The fraction of sp³-hybridized carbons (Fsp3) is 0.316. The van der Waals surface area contributed by atoms with Gasteiger partial charge in [0, 0.05) is 17.3 Å². The first-order chi connectivity index (χ1) is 12.5. The lowest BCUT2D eigenvalue weighted by atomic mass is 10.2. The van der Waals surface area contributed by atoms with E-state index in [4.69, 9.17) is 32.7 Å². The van der Waals surface area contributed by atoms with Crippen LogP contribution in [0.25, 0.3) is 0 Å². The van der Waals surface area contributed by atoms with Gasteiger partial charge in [-0.3, -0.25) is 4.79 Å². The predicted octanol–water partition coefficient (Wildman–Crippen LogP) is 2.81. The van der Waals surface area contributed by atoms with Crippen LogP contribution in [0.3, 0.4) is 0 Å². The number of halogens is 2. The van der Waals surface area contributed by atoms with Crippen molar-refractivity contribution in [2.24, 2.45) is 0 Å². The largest absolute Gasteiger partial charge is 0.486 e. The number of amides is 1. The number of ether oxygens (including phenoxy) is 2. The quantitative estimate of drug-likeness (QED) is 0.790. The third-order valence-corrected chi connectivity index (χ3v) is 4.91. The van der Waals surface area contributed by atoms with Crippen LogP contribution in [0.1, 0.15) is 12.5 Å². The number of hydrogen-bond donors (Lipinski definition) is 2. The zero-order valence-corrected chi connectivity index (χ0v) is 16.0. The number of rotatable bonds is 6. The van der Waals surface area contributed by atoms with Crippen molar-refractivity contribution in [3.63, 3.8) is 0 Å². The summed E-state index contributed by atoms with van der Waals surface area (Å²) in [6.45, 7) is 4.97. The van der Waals surface area contributed by atoms with Gasteiger partial charge in [0.15, 0.2) is 18.0 Å². The molecule has 0 bridgehead atoms. The van der Waals surface area contributed by atoms with Crippen molar-refractivity contribution in [1.82, 2.24) is 0 Å². The van der Waals surface area contributed by atoms with Gasteiger partial charge in [-0.05, 0) is 31.2 Å². The zero-order chi connectivity index (χ0) is 18.5. The van der Waals surface area contributed by atoms with E-state index < -0.39 is 0 Å². The molecule has 2 aromatic carbocycles. The molecule has 2 aromatic rings. The average Bonchev–Trinajstić information content (AvgIpc) is 2.64. The number of carbonyl (C=O) groups excluding carboxylic acids is 1. The van der Waals surface area contributed by atoms with Gasteiger partial charge in [-0.15, -0.1) is 0 Å². The minimum absolute atomic E-state index is 0.0569. The number of hydrogen-bond acceptors (Lipinski definition) is 3. The SMILES string of the molecule is CC[NH+](CC(=O)Nc1ccc2c(c1)OCCO2)Cc1ccc(Cl)c(Cl)c1. The van der Waals surface area contributed by atoms with E-state index in [9.17, 15) is 4.79 Å². The Morgan fingerprint density at radius 2 is 1.85 bits per heavy atom. The van der Waals surface area contributed by atoms with Gasteiger partial charge in [0.1, 0.15) is 19.8 Å². The Bertz CT molecular complexity index is 798. The number of fused-ring (bicyclic) bond motifs is 1. The summed E-state index contributed by atoms with van der Waals surface area (Å²) < 4.78 is 11.0. The molecule has 138 valence electrons. The van der Waals surface area contributed by atoms with Gasteiger partial charge in [0.25, 0.3) is 5.91 Å². The lowest BCUT2D eigenvalue weighted by Crippen LogP contribution is -3.11. The molecule has 0 aliphatic carbocycles. The van der Waals surface area contributed by atoms with Crippen molar-refractivity contribution < 1.29 is 19.2 Å². The maximum Gasteiger partial charge on any atom is 0.279 e. The van der Waals surface area contributed by atoms with Crippen molar-refractivity contribution in [3.05, 3.63) is 52.0 Å². The lowest BCUT2D eigenvalue weighted by molar-refractivity contribution is -0.903. The van der Waals surface area contributed by atoms with Crippen molar-refractivity contribution in [3.8, 4) is 11.5 Å². The van der Waals surface area contributed by atoms with Crippen molar-refractivity contribution >= 4 is 34.8 Å². The number of quaternary nitrogens is 1. The molecule has 1 amide bonds. The van der Waals surface area contributed by atoms with Gasteiger partial charge < -0.3 is 19.7 Å². The molecule has 5 nitrogen and oxygen atoms in total. The maximum absolute atomic E-state index is 12.4. The summed E-state index contributed by atoms with van der Waals surface area (Å²) in [5.74, 6) is 1.30. The van der Waals surface area contributed by atoms with Gasteiger partial charge in [-0.2, -0.15) is 0 Å². The summed E-state index contributed by atoms with van der Waals surface area (Å²) in [5.41, 5.74) is 1.74. The highest BCUT2D eigenvalue weighted by atomic mass is 35.5. The van der Waals surface area contributed by atoms with Gasteiger partial charge in [-0.25, -0.2) is 0 Å². The number of anilines is 1. The third-order valence-electron chi connectivity index (χ3n) is 4.17. The zero-order valence-electron chi connectivity index (χ0n) is 14.5. The topological polar surface area (TPSA) is 52.0 Å². The minimum Gasteiger partial charge on any atom is -0.486 e. The van der Waals surface area contributed by atoms with Crippen molar-refractivity contribution in [2.75, 3.05) is 31.6 Å². The molecular weight excluding hydrogens is 375 g/mol. The van der Waals surface area contributed by atoms with Gasteiger partial charge in [-0.1, -0.05) is 29.3 Å². The van der Waals surface area contributed by atoms with Crippen LogP contribution >= 0.6 is 23.2 Å². The normalized spacial score (nSPS) is 14.0. The van der Waals surface area contributed by atoms with Crippen LogP contribution in [-0.4, -0.2) is 32.2 Å². The fourth-order valence-electron chi connectivity index (χ4n) is 2.80. The van der Waals surface area contributed by atoms with Crippen LogP contribution in [0.5, 0.6) is 11.5 Å². The summed E-state index contributed by atoms with van der Waals surface area (Å²) >= 11 is 12.0. The molecule has 1 atom stereocenters. The Kier molecular flexibility index (Phi) is 6.25. The molecule has 1 aliphatic heterocycles. The van der Waals surface area contributed by atoms with Crippen molar-refractivity contribution in [2.45, 2.75) is 13.5 Å². The third kappa shape index (κ3) is 4.81. The second-order valence-corrected chi connectivity index (χ2v) is 6.93. The van der Waals surface area contributed by atoms with Crippen molar-refractivity contribution in [1.29, 1.82) is 0 Å². The van der Waals surface area contributed by atoms with E-state index in [-0.39, 0.29) is 5.91 Å². The average molecular weight is 396 g/mol. The summed E-state index contributed by atoms with van der Waals surface area (Å²) in [7, 11) is 0. The monoisotopic (exact) mass is 395 g/mol. The Balaban J connectivity index is 1.59. The first-order valence-electron chi connectivity index (χ1n) is 8.52. The van der Waals surface area contributed by atoms with E-state index in [0.717, 1.165) is 17.0 Å². The molecule has 0 saturated heterocycles. The molecule has 0 fully saturated rings. The molecule has 2 N–H and O–H groups in total. The number of carbonyl (C=O) groups is 1. The smallest absolute Gasteiger partial charge is 0.279 e. The van der Waals surface area contributed by atoms with E-state index in [1.54, 1.807) is 12.1 Å². The van der Waals surface area contributed by atoms with E-state index in [1.807, 2.05) is 31.2 Å². The Morgan fingerprint density at radius 1 is 1.08 bits per heavy atom. The first-order valence-corrected chi connectivity index (χ1v) is 9.27. The van der Waals surface area contributed by atoms with Crippen LogP contribution in [0, 0.1) is 0 Å². The highest BCUT2D eigenvalue weighted by Crippen LogP contribution is 2.32. The fourth-order valence-corrected chi connectivity index (χ4v) is 3.12. The molecule has 1 heterocycles. The lowest BCUT2D eigenvalue weighted by Gasteiger charge is -2.20. The van der Waals surface area contributed by atoms with Gasteiger partial charge >= 0.3 is 0 Å². The Morgan fingerprint density at radius 3 is 2.58 bits per heavy atom. The van der Waals surface area contributed by atoms with E-state index in [0.29, 0.717) is 53.5 Å². The molecular formula is C19H21Cl2N2O3+. The summed E-state index contributed by atoms with van der Waals surface area (Å²) in [6, 6.07) is 11.0. The summed E-state index contributed by atoms with van der Waals surface area (Å²) in [6.07, 6.45) is 0. The van der Waals surface area contributed by atoms with Crippen LogP contribution in [0.4, 0.5) is 5.69 Å². The number of likely N-dealkylation sites (N-methyl/N-ethyl adjacent to an activating group) is 1. The minimum atomic E-state index is -0.0569. The van der Waals surface area contributed by atoms with E-state index in [2.05, 4.69) is 5.32 Å². The highest BCUT2D eigenvalue weighted by molar-refractivity contribution is 6.42. The number of benzene rings is 2. The molecule has 0 radical (unpaired) electrons. The molecule has 3 rings (SSSR count). The molecule has 7 heteroatoms. The van der Waals surface area contributed by atoms with Crippen LogP contribution in [0.2, 0.25) is 10.0 Å². The molecule has 0 aromatic heterocycles. The first kappa shape index (κ1) is 18.8. The second kappa shape index (κ2) is 8.62. The molecule has 0 saturated carbocycles. The number of nitrogens with one attached hydrogen (secondary N) is 2. The van der Waals surface area contributed by atoms with Gasteiger partial charge in [0.2, 0.25) is 0 Å². The second-order valence-electron chi connectivity index (χ2n) is 6.11. The summed E-state index contributed by atoms with van der Waals surface area (Å²) in [4.78, 5) is 13.5.